The molecule has 1 heterocycles. The number of hydrogen-bond donors (Lipinski definition) is 2. The van der Waals surface area contributed by atoms with E-state index in [2.05, 4.69) is 26.7 Å². The van der Waals surface area contributed by atoms with Crippen molar-refractivity contribution >= 4 is 51.0 Å². The zero-order valence-corrected chi connectivity index (χ0v) is 14.9. The molecule has 9 heteroatoms. The first-order chi connectivity index (χ1) is 10.8. The largest absolute Gasteiger partial charge is 0.359 e. The molecule has 2 N–H and O–H groups in total. The lowest BCUT2D eigenvalue weighted by atomic mass is 10.2. The number of carbonyl (C=O) groups excluding carboxylic acids is 3. The fourth-order valence-corrected chi connectivity index (χ4v) is 2.61. The van der Waals surface area contributed by atoms with Gasteiger partial charge in [-0.3, -0.25) is 24.7 Å². The topological polar surface area (TPSA) is 81.8 Å². The highest BCUT2D eigenvalue weighted by Gasteiger charge is 2.42. The Balaban J connectivity index is 2.18. The van der Waals surface area contributed by atoms with Crippen molar-refractivity contribution in [1.29, 1.82) is 0 Å². The minimum atomic E-state index is -0.855. The number of carbonyl (C=O) groups is 3. The number of likely N-dealkylation sites (N-methyl/N-ethyl adjacent to an activating group) is 1. The Bertz CT molecular complexity index is 664. The van der Waals surface area contributed by atoms with E-state index in [1.54, 1.807) is 24.3 Å². The van der Waals surface area contributed by atoms with E-state index in [4.69, 9.17) is 12.2 Å². The number of hydrazine groups is 1. The van der Waals surface area contributed by atoms with Crippen LogP contribution in [0.4, 0.5) is 0 Å². The van der Waals surface area contributed by atoms with Gasteiger partial charge >= 0.3 is 0 Å². The third-order valence-corrected chi connectivity index (χ3v) is 4.41. The lowest BCUT2D eigenvalue weighted by Crippen LogP contribution is -2.49. The van der Waals surface area contributed by atoms with Crippen molar-refractivity contribution in [2.45, 2.75) is 12.5 Å². The third kappa shape index (κ3) is 3.67. The second-order valence-corrected chi connectivity index (χ2v) is 6.17. The van der Waals surface area contributed by atoms with E-state index in [1.807, 2.05) is 0 Å². The lowest BCUT2D eigenvalue weighted by molar-refractivity contribution is -0.131. The summed E-state index contributed by atoms with van der Waals surface area (Å²) in [5, 5.41) is 3.87. The van der Waals surface area contributed by atoms with Gasteiger partial charge in [-0.25, -0.2) is 5.01 Å². The minimum Gasteiger partial charge on any atom is -0.359 e. The van der Waals surface area contributed by atoms with Crippen LogP contribution in [0.5, 0.6) is 0 Å². The van der Waals surface area contributed by atoms with Crippen LogP contribution in [0.2, 0.25) is 0 Å². The van der Waals surface area contributed by atoms with Gasteiger partial charge in [0, 0.05) is 24.1 Å². The third-order valence-electron chi connectivity index (χ3n) is 3.41. The number of nitrogens with one attached hydrogen (secondary N) is 2. The van der Waals surface area contributed by atoms with Crippen molar-refractivity contribution in [2.75, 3.05) is 14.1 Å². The maximum Gasteiger partial charge on any atom is 0.269 e. The summed E-state index contributed by atoms with van der Waals surface area (Å²) >= 11 is 8.47. The summed E-state index contributed by atoms with van der Waals surface area (Å²) in [7, 11) is 2.99. The summed E-state index contributed by atoms with van der Waals surface area (Å²) in [6.45, 7) is 0. The van der Waals surface area contributed by atoms with Gasteiger partial charge in [-0.2, -0.15) is 0 Å². The van der Waals surface area contributed by atoms with E-state index in [1.165, 1.54) is 24.0 Å². The molecule has 1 aliphatic rings. The van der Waals surface area contributed by atoms with Crippen LogP contribution in [0.1, 0.15) is 16.8 Å². The van der Waals surface area contributed by atoms with E-state index in [9.17, 15) is 14.4 Å². The Morgan fingerprint density at radius 1 is 1.30 bits per heavy atom. The Hall–Kier alpha value is -2.00. The van der Waals surface area contributed by atoms with E-state index in [0.717, 1.165) is 4.47 Å². The SMILES string of the molecule is CNC(=O)C[C@H]1C(=O)N(C)C(=S)N1NC(=O)c1ccc(Br)cc1. The predicted octanol–water partition coefficient (Wildman–Crippen LogP) is 0.658. The van der Waals surface area contributed by atoms with Gasteiger partial charge in [0.05, 0.1) is 6.42 Å². The van der Waals surface area contributed by atoms with Gasteiger partial charge in [-0.05, 0) is 36.5 Å². The molecular formula is C14H15BrN4O3S. The zero-order chi connectivity index (χ0) is 17.1. The van der Waals surface area contributed by atoms with E-state index in [0.29, 0.717) is 5.56 Å². The second-order valence-electron chi connectivity index (χ2n) is 4.89. The molecule has 1 fully saturated rings. The van der Waals surface area contributed by atoms with Gasteiger partial charge < -0.3 is 5.32 Å². The highest BCUT2D eigenvalue weighted by atomic mass is 79.9. The number of hydrogen-bond acceptors (Lipinski definition) is 4. The molecule has 1 aromatic rings. The molecule has 1 atom stereocenters. The van der Waals surface area contributed by atoms with Crippen LogP contribution in [0.25, 0.3) is 0 Å². The van der Waals surface area contributed by atoms with Crippen molar-refractivity contribution in [3.8, 4) is 0 Å². The Kier molecular flexibility index (Phi) is 5.32. The molecule has 1 aliphatic heterocycles. The lowest BCUT2D eigenvalue weighted by Gasteiger charge is -2.23. The molecule has 3 amide bonds. The van der Waals surface area contributed by atoms with Gasteiger partial charge in [-0.15, -0.1) is 0 Å². The first-order valence-corrected chi connectivity index (χ1v) is 7.93. The first-order valence-electron chi connectivity index (χ1n) is 6.73. The van der Waals surface area contributed by atoms with Gasteiger partial charge in [0.25, 0.3) is 11.8 Å². The molecule has 0 aliphatic carbocycles. The Morgan fingerprint density at radius 3 is 2.48 bits per heavy atom. The van der Waals surface area contributed by atoms with Crippen LogP contribution in [-0.4, -0.2) is 52.9 Å². The molecule has 7 nitrogen and oxygen atoms in total. The molecule has 122 valence electrons. The molecule has 23 heavy (non-hydrogen) atoms. The maximum atomic E-state index is 12.3. The number of benzene rings is 1. The molecule has 1 saturated heterocycles. The smallest absolute Gasteiger partial charge is 0.269 e. The molecule has 0 bridgehead atoms. The molecule has 0 unspecified atom stereocenters. The van der Waals surface area contributed by atoms with Crippen LogP contribution < -0.4 is 10.7 Å². The summed E-state index contributed by atoms with van der Waals surface area (Å²) in [6.07, 6.45) is -0.0968. The minimum absolute atomic E-state index is 0.0968. The van der Waals surface area contributed by atoms with E-state index < -0.39 is 11.9 Å². The standard InChI is InChI=1S/C14H15BrN4O3S/c1-16-11(20)7-10-13(22)18(2)14(23)19(10)17-12(21)8-3-5-9(15)6-4-8/h3-6,10H,7H2,1-2H3,(H,16,20)(H,17,21)/t10-/m0/s1. The number of halogens is 1. The van der Waals surface area contributed by atoms with Crippen molar-refractivity contribution in [3.63, 3.8) is 0 Å². The first kappa shape index (κ1) is 17.4. The Morgan fingerprint density at radius 2 is 1.91 bits per heavy atom. The van der Waals surface area contributed by atoms with Crippen LogP contribution in [0, 0.1) is 0 Å². The summed E-state index contributed by atoms with van der Waals surface area (Å²) in [5.41, 5.74) is 3.01. The fraction of sp³-hybridized carbons (Fsp3) is 0.286. The number of rotatable bonds is 4. The summed E-state index contributed by atoms with van der Waals surface area (Å²) in [6, 6.07) is 5.88. The molecule has 1 aromatic carbocycles. The van der Waals surface area contributed by atoms with E-state index >= 15 is 0 Å². The summed E-state index contributed by atoms with van der Waals surface area (Å²) in [5.74, 6) is -1.07. The molecule has 0 spiro atoms. The average molecular weight is 399 g/mol. The normalized spacial score (nSPS) is 17.4. The van der Waals surface area contributed by atoms with E-state index in [-0.39, 0.29) is 23.3 Å². The van der Waals surface area contributed by atoms with Gasteiger partial charge in [0.2, 0.25) is 5.91 Å². The van der Waals surface area contributed by atoms with Crippen LogP contribution >= 0.6 is 28.1 Å². The van der Waals surface area contributed by atoms with Crippen molar-refractivity contribution in [2.24, 2.45) is 0 Å². The number of nitrogens with zero attached hydrogens (tertiary/aromatic N) is 2. The highest BCUT2D eigenvalue weighted by molar-refractivity contribution is 9.10. The second kappa shape index (κ2) is 7.05. The molecule has 0 aromatic heterocycles. The van der Waals surface area contributed by atoms with Crippen molar-refractivity contribution in [3.05, 3.63) is 34.3 Å². The number of amides is 3. The highest BCUT2D eigenvalue weighted by Crippen LogP contribution is 2.18. The molecule has 0 radical (unpaired) electrons. The molecule has 2 rings (SSSR count). The van der Waals surface area contributed by atoms with Crippen molar-refractivity contribution in [1.82, 2.24) is 20.7 Å². The van der Waals surface area contributed by atoms with Gasteiger partial charge in [0.15, 0.2) is 5.11 Å². The molecule has 0 saturated carbocycles. The van der Waals surface area contributed by atoms with Crippen molar-refractivity contribution < 1.29 is 14.4 Å². The predicted molar refractivity (Wildman–Crippen MR) is 91.3 cm³/mol. The van der Waals surface area contributed by atoms with Gasteiger partial charge in [0.1, 0.15) is 6.04 Å². The summed E-state index contributed by atoms with van der Waals surface area (Å²) < 4.78 is 0.846. The fourth-order valence-electron chi connectivity index (χ4n) is 2.08. The van der Waals surface area contributed by atoms with Crippen LogP contribution in [0.3, 0.4) is 0 Å². The number of thiocarbonyl (C=S) groups is 1. The van der Waals surface area contributed by atoms with Gasteiger partial charge in [-0.1, -0.05) is 15.9 Å². The average Bonchev–Trinajstić information content (AvgIpc) is 2.73. The van der Waals surface area contributed by atoms with Crippen LogP contribution in [-0.2, 0) is 9.59 Å². The zero-order valence-electron chi connectivity index (χ0n) is 12.5. The maximum absolute atomic E-state index is 12.3. The summed E-state index contributed by atoms with van der Waals surface area (Å²) in [4.78, 5) is 37.3. The monoisotopic (exact) mass is 398 g/mol. The van der Waals surface area contributed by atoms with Crippen LogP contribution in [0.15, 0.2) is 28.7 Å². The molecular weight excluding hydrogens is 384 g/mol. The quantitative estimate of drug-likeness (QED) is 0.728. The Labute approximate surface area is 147 Å².